The molecule has 0 radical (unpaired) electrons. The Hall–Kier alpha value is -0.800. The summed E-state index contributed by atoms with van der Waals surface area (Å²) in [4.78, 5) is 10.9. The third-order valence-electron chi connectivity index (χ3n) is 3.57. The summed E-state index contributed by atoms with van der Waals surface area (Å²) >= 11 is 12.0. The Morgan fingerprint density at radius 2 is 2.00 bits per heavy atom. The lowest BCUT2D eigenvalue weighted by molar-refractivity contribution is -0.385. The summed E-state index contributed by atoms with van der Waals surface area (Å²) in [5.41, 5.74) is 1.74. The summed E-state index contributed by atoms with van der Waals surface area (Å²) in [6, 6.07) is 5.46. The molecule has 1 saturated carbocycles. The molecule has 0 aliphatic heterocycles. The van der Waals surface area contributed by atoms with E-state index in [1.807, 2.05) is 32.9 Å². The second-order valence-electron chi connectivity index (χ2n) is 6.22. The van der Waals surface area contributed by atoms with Crippen LogP contribution in [0.4, 0.5) is 5.69 Å². The smallest absolute Gasteiger partial charge is 0.258 e. The van der Waals surface area contributed by atoms with Gasteiger partial charge in [-0.05, 0) is 29.7 Å². The molecule has 0 N–H and O–H groups in total. The number of halogens is 2. The van der Waals surface area contributed by atoms with Gasteiger partial charge in [-0.3, -0.25) is 10.1 Å². The van der Waals surface area contributed by atoms with E-state index in [1.54, 1.807) is 6.07 Å². The maximum atomic E-state index is 11.2. The maximum absolute atomic E-state index is 11.2. The van der Waals surface area contributed by atoms with Gasteiger partial charge >= 0.3 is 0 Å². The van der Waals surface area contributed by atoms with Crippen LogP contribution < -0.4 is 0 Å². The van der Waals surface area contributed by atoms with Crippen molar-refractivity contribution >= 4 is 28.9 Å². The van der Waals surface area contributed by atoms with E-state index in [0.29, 0.717) is 18.4 Å². The zero-order valence-corrected chi connectivity index (χ0v) is 12.8. The normalized spacial score (nSPS) is 21.2. The number of hydrogen-bond donors (Lipinski definition) is 0. The van der Waals surface area contributed by atoms with E-state index < -0.39 is 4.33 Å². The Morgan fingerprint density at radius 1 is 1.42 bits per heavy atom. The predicted octanol–water partition coefficient (Wildman–Crippen LogP) is 4.63. The molecule has 104 valence electrons. The van der Waals surface area contributed by atoms with Crippen LogP contribution in [0.3, 0.4) is 0 Å². The van der Waals surface area contributed by atoms with E-state index in [0.717, 1.165) is 5.56 Å². The van der Waals surface area contributed by atoms with Gasteiger partial charge in [0.05, 0.1) is 4.92 Å². The largest absolute Gasteiger partial charge is 0.272 e. The van der Waals surface area contributed by atoms with Crippen LogP contribution in [0.25, 0.3) is 0 Å². The molecule has 0 bridgehead atoms. The Labute approximate surface area is 123 Å². The molecule has 19 heavy (non-hydrogen) atoms. The molecular formula is C14H17Cl2NO2. The van der Waals surface area contributed by atoms with Crippen molar-refractivity contribution in [2.24, 2.45) is 5.92 Å². The SMILES string of the molecule is CC(C)(C)c1ccc(CC2CC2(Cl)Cl)c([N+](=O)[O-])c1. The van der Waals surface area contributed by atoms with Crippen LogP contribution in [0.2, 0.25) is 0 Å². The average molecular weight is 302 g/mol. The molecule has 0 spiro atoms. The molecule has 1 aliphatic carbocycles. The Balaban J connectivity index is 2.31. The summed E-state index contributed by atoms with van der Waals surface area (Å²) in [6.07, 6.45) is 1.27. The highest BCUT2D eigenvalue weighted by Gasteiger charge is 2.51. The zero-order chi connectivity index (χ0) is 14.4. The van der Waals surface area contributed by atoms with E-state index in [9.17, 15) is 10.1 Å². The van der Waals surface area contributed by atoms with Gasteiger partial charge in [-0.15, -0.1) is 23.2 Å². The number of alkyl halides is 2. The van der Waals surface area contributed by atoms with E-state index in [1.165, 1.54) is 0 Å². The first-order chi connectivity index (χ1) is 8.61. The molecule has 0 saturated heterocycles. The summed E-state index contributed by atoms with van der Waals surface area (Å²) in [5, 5.41) is 11.2. The van der Waals surface area contributed by atoms with E-state index >= 15 is 0 Å². The van der Waals surface area contributed by atoms with Gasteiger partial charge in [0.2, 0.25) is 0 Å². The van der Waals surface area contributed by atoms with Gasteiger partial charge in [0.1, 0.15) is 4.33 Å². The van der Waals surface area contributed by atoms with Gasteiger partial charge in [0.15, 0.2) is 0 Å². The van der Waals surface area contributed by atoms with Crippen LogP contribution in [0.1, 0.15) is 38.3 Å². The second-order valence-corrected chi connectivity index (χ2v) is 7.76. The quantitative estimate of drug-likeness (QED) is 0.464. The third kappa shape index (κ3) is 3.21. The van der Waals surface area contributed by atoms with Gasteiger partial charge < -0.3 is 0 Å². The first-order valence-electron chi connectivity index (χ1n) is 6.27. The van der Waals surface area contributed by atoms with Crippen LogP contribution in [-0.4, -0.2) is 9.26 Å². The number of nitro benzene ring substituents is 1. The Bertz CT molecular complexity index is 521. The summed E-state index contributed by atoms with van der Waals surface area (Å²) in [7, 11) is 0. The highest BCUT2D eigenvalue weighted by atomic mass is 35.5. The summed E-state index contributed by atoms with van der Waals surface area (Å²) in [5.74, 6) is 0.120. The van der Waals surface area contributed by atoms with Crippen molar-refractivity contribution in [3.05, 3.63) is 39.4 Å². The number of hydrogen-bond acceptors (Lipinski definition) is 2. The van der Waals surface area contributed by atoms with E-state index in [4.69, 9.17) is 23.2 Å². The minimum absolute atomic E-state index is 0.106. The van der Waals surface area contributed by atoms with Crippen LogP contribution in [0, 0.1) is 16.0 Å². The number of rotatable bonds is 3. The molecule has 1 unspecified atom stereocenters. The van der Waals surface area contributed by atoms with Crippen molar-refractivity contribution in [3.63, 3.8) is 0 Å². The van der Waals surface area contributed by atoms with Gasteiger partial charge in [-0.2, -0.15) is 0 Å². The lowest BCUT2D eigenvalue weighted by Crippen LogP contribution is -2.12. The first kappa shape index (κ1) is 14.6. The van der Waals surface area contributed by atoms with Gasteiger partial charge in [-0.25, -0.2) is 0 Å². The second kappa shape index (κ2) is 4.64. The molecule has 1 aromatic rings. The molecule has 2 rings (SSSR count). The fraction of sp³-hybridized carbons (Fsp3) is 0.571. The molecule has 0 heterocycles. The average Bonchev–Trinajstić information content (AvgIpc) is 2.84. The molecule has 1 atom stereocenters. The fourth-order valence-corrected chi connectivity index (χ4v) is 2.66. The number of nitrogens with zero attached hydrogens (tertiary/aromatic N) is 1. The molecule has 1 aromatic carbocycles. The molecular weight excluding hydrogens is 285 g/mol. The van der Waals surface area contributed by atoms with Gasteiger partial charge in [0.25, 0.3) is 5.69 Å². The number of nitro groups is 1. The van der Waals surface area contributed by atoms with Gasteiger partial charge in [-0.1, -0.05) is 32.9 Å². The molecule has 5 heteroatoms. The van der Waals surface area contributed by atoms with Crippen molar-refractivity contribution in [2.75, 3.05) is 0 Å². The van der Waals surface area contributed by atoms with E-state index in [2.05, 4.69) is 0 Å². The molecule has 0 amide bonds. The Morgan fingerprint density at radius 3 is 2.42 bits per heavy atom. The summed E-state index contributed by atoms with van der Waals surface area (Å²) < 4.78 is -0.698. The molecule has 3 nitrogen and oxygen atoms in total. The monoisotopic (exact) mass is 301 g/mol. The van der Waals surface area contributed by atoms with Crippen molar-refractivity contribution in [2.45, 2.75) is 43.4 Å². The standard InChI is InChI=1S/C14H17Cl2NO2/c1-13(2,3)10-5-4-9(12(7-10)17(18)19)6-11-8-14(11,15)16/h4-5,7,11H,6,8H2,1-3H3. The lowest BCUT2D eigenvalue weighted by atomic mass is 9.86. The lowest BCUT2D eigenvalue weighted by Gasteiger charge is -2.19. The van der Waals surface area contributed by atoms with Crippen molar-refractivity contribution in [3.8, 4) is 0 Å². The third-order valence-corrected chi connectivity index (χ3v) is 4.50. The Kier molecular flexibility index (Phi) is 3.56. The highest BCUT2D eigenvalue weighted by Crippen LogP contribution is 2.55. The predicted molar refractivity (Wildman–Crippen MR) is 78.0 cm³/mol. The van der Waals surface area contributed by atoms with Crippen LogP contribution in [0.15, 0.2) is 18.2 Å². The van der Waals surface area contributed by atoms with Crippen LogP contribution in [0.5, 0.6) is 0 Å². The summed E-state index contributed by atoms with van der Waals surface area (Å²) in [6.45, 7) is 6.11. The topological polar surface area (TPSA) is 43.1 Å². The molecule has 0 aromatic heterocycles. The first-order valence-corrected chi connectivity index (χ1v) is 7.02. The van der Waals surface area contributed by atoms with E-state index in [-0.39, 0.29) is 21.9 Å². The minimum Gasteiger partial charge on any atom is -0.258 e. The maximum Gasteiger partial charge on any atom is 0.272 e. The highest BCUT2D eigenvalue weighted by molar-refractivity contribution is 6.50. The molecule has 1 fully saturated rings. The zero-order valence-electron chi connectivity index (χ0n) is 11.2. The molecule has 1 aliphatic rings. The van der Waals surface area contributed by atoms with Gasteiger partial charge in [0, 0.05) is 11.6 Å². The van der Waals surface area contributed by atoms with Crippen LogP contribution >= 0.6 is 23.2 Å². The van der Waals surface area contributed by atoms with Crippen molar-refractivity contribution in [1.29, 1.82) is 0 Å². The van der Waals surface area contributed by atoms with Crippen LogP contribution in [-0.2, 0) is 11.8 Å². The number of benzene rings is 1. The van der Waals surface area contributed by atoms with Crippen molar-refractivity contribution in [1.82, 2.24) is 0 Å². The van der Waals surface area contributed by atoms with Crippen molar-refractivity contribution < 1.29 is 4.92 Å². The minimum atomic E-state index is -0.698. The fourth-order valence-electron chi connectivity index (χ4n) is 2.13.